The molecule has 1 heterocycles. The van der Waals surface area contributed by atoms with Crippen molar-refractivity contribution in [3.05, 3.63) is 71.8 Å². The smallest absolute Gasteiger partial charge is 0.325 e. The zero-order valence-electron chi connectivity index (χ0n) is 15.9. The lowest BCUT2D eigenvalue weighted by molar-refractivity contribution is -0.132. The lowest BCUT2D eigenvalue weighted by atomic mass is 10.1. The summed E-state index contributed by atoms with van der Waals surface area (Å²) in [6, 6.07) is 18.3. The fourth-order valence-electron chi connectivity index (χ4n) is 3.28. The summed E-state index contributed by atoms with van der Waals surface area (Å²) in [5, 5.41) is 5.53. The molecule has 2 atom stereocenters. The average molecular weight is 379 g/mol. The van der Waals surface area contributed by atoms with Crippen LogP contribution in [0.1, 0.15) is 24.5 Å². The first kappa shape index (κ1) is 19.6. The second kappa shape index (κ2) is 9.17. The van der Waals surface area contributed by atoms with E-state index in [1.165, 1.54) is 5.56 Å². The quantitative estimate of drug-likeness (QED) is 0.691. The molecule has 0 bridgehead atoms. The predicted octanol–water partition coefficient (Wildman–Crippen LogP) is 2.29. The van der Waals surface area contributed by atoms with Crippen molar-refractivity contribution in [2.75, 3.05) is 6.54 Å². The number of rotatable bonds is 8. The molecule has 1 saturated heterocycles. The van der Waals surface area contributed by atoms with E-state index in [0.717, 1.165) is 23.3 Å². The maximum atomic E-state index is 12.5. The van der Waals surface area contributed by atoms with Gasteiger partial charge in [0.2, 0.25) is 5.91 Å². The highest BCUT2D eigenvalue weighted by atomic mass is 16.2. The summed E-state index contributed by atoms with van der Waals surface area (Å²) in [6.07, 6.45) is 2.05. The Hall–Kier alpha value is -3.15. The zero-order valence-corrected chi connectivity index (χ0v) is 15.9. The minimum atomic E-state index is -0.627. The highest BCUT2D eigenvalue weighted by Crippen LogP contribution is 2.12. The molecule has 6 nitrogen and oxygen atoms in total. The number of amides is 4. The molecule has 6 heteroatoms. The molecule has 2 aromatic rings. The van der Waals surface area contributed by atoms with Gasteiger partial charge in [0.05, 0.1) is 0 Å². The van der Waals surface area contributed by atoms with Crippen molar-refractivity contribution in [2.24, 2.45) is 0 Å². The molecule has 4 amide bonds. The van der Waals surface area contributed by atoms with Gasteiger partial charge in [-0.2, -0.15) is 0 Å². The topological polar surface area (TPSA) is 78.5 Å². The summed E-state index contributed by atoms with van der Waals surface area (Å²) in [7, 11) is 0. The number of imide groups is 1. The number of hydrogen-bond acceptors (Lipinski definition) is 3. The van der Waals surface area contributed by atoms with Gasteiger partial charge in [-0.15, -0.1) is 0 Å². The monoisotopic (exact) mass is 379 g/mol. The van der Waals surface area contributed by atoms with Crippen LogP contribution < -0.4 is 10.6 Å². The number of carbonyl (C=O) groups excluding carboxylic acids is 3. The molecule has 146 valence electrons. The van der Waals surface area contributed by atoms with Crippen molar-refractivity contribution in [1.29, 1.82) is 0 Å². The van der Waals surface area contributed by atoms with Crippen LogP contribution >= 0.6 is 0 Å². The highest BCUT2D eigenvalue weighted by molar-refractivity contribution is 6.06. The van der Waals surface area contributed by atoms with E-state index in [9.17, 15) is 14.4 Å². The summed E-state index contributed by atoms with van der Waals surface area (Å²) < 4.78 is 0. The third-order valence-electron chi connectivity index (χ3n) is 4.81. The normalized spacial score (nSPS) is 17.3. The Balaban J connectivity index is 1.47. The number of hydrogen-bond donors (Lipinski definition) is 2. The van der Waals surface area contributed by atoms with Crippen LogP contribution in [0.4, 0.5) is 4.79 Å². The van der Waals surface area contributed by atoms with Crippen LogP contribution in [0, 0.1) is 0 Å². The van der Waals surface area contributed by atoms with E-state index >= 15 is 0 Å². The Morgan fingerprint density at radius 1 is 1.04 bits per heavy atom. The molecular weight excluding hydrogens is 354 g/mol. The van der Waals surface area contributed by atoms with Crippen LogP contribution in [-0.4, -0.2) is 41.4 Å². The lowest BCUT2D eigenvalue weighted by Gasteiger charge is -2.17. The molecule has 1 fully saturated rings. The number of nitrogens with zero attached hydrogens (tertiary/aromatic N) is 1. The second-order valence-electron chi connectivity index (χ2n) is 7.11. The molecule has 2 aromatic carbocycles. The maximum absolute atomic E-state index is 12.5. The van der Waals surface area contributed by atoms with E-state index in [0.29, 0.717) is 6.42 Å². The first-order chi connectivity index (χ1) is 13.5. The van der Waals surface area contributed by atoms with Crippen molar-refractivity contribution in [2.45, 2.75) is 38.3 Å². The summed E-state index contributed by atoms with van der Waals surface area (Å²) >= 11 is 0. The molecule has 0 spiro atoms. The molecule has 3 rings (SSSR count). The molecule has 2 unspecified atom stereocenters. The van der Waals surface area contributed by atoms with E-state index in [1.807, 2.05) is 55.5 Å². The van der Waals surface area contributed by atoms with Gasteiger partial charge in [-0.3, -0.25) is 14.5 Å². The van der Waals surface area contributed by atoms with Gasteiger partial charge in [-0.25, -0.2) is 4.79 Å². The van der Waals surface area contributed by atoms with Gasteiger partial charge >= 0.3 is 6.03 Å². The number of benzene rings is 2. The Morgan fingerprint density at radius 2 is 1.64 bits per heavy atom. The van der Waals surface area contributed by atoms with Gasteiger partial charge in [0.1, 0.15) is 12.6 Å². The molecule has 2 N–H and O–H groups in total. The van der Waals surface area contributed by atoms with E-state index in [-0.39, 0.29) is 24.4 Å². The van der Waals surface area contributed by atoms with Crippen LogP contribution in [0.2, 0.25) is 0 Å². The highest BCUT2D eigenvalue weighted by Gasteiger charge is 2.38. The SMILES string of the molecule is CC(CCc1ccccc1)NC(=O)CN1C(=O)NC(Cc2ccccc2)C1=O. The molecule has 0 aromatic heterocycles. The van der Waals surface area contributed by atoms with Gasteiger partial charge in [0.25, 0.3) is 5.91 Å². The van der Waals surface area contributed by atoms with Crippen molar-refractivity contribution in [1.82, 2.24) is 15.5 Å². The van der Waals surface area contributed by atoms with Crippen LogP contribution in [0.5, 0.6) is 0 Å². The van der Waals surface area contributed by atoms with Crippen molar-refractivity contribution in [3.63, 3.8) is 0 Å². The van der Waals surface area contributed by atoms with Gasteiger partial charge in [0.15, 0.2) is 0 Å². The molecule has 0 radical (unpaired) electrons. The third-order valence-corrected chi connectivity index (χ3v) is 4.81. The first-order valence-corrected chi connectivity index (χ1v) is 9.52. The van der Waals surface area contributed by atoms with Gasteiger partial charge in [0, 0.05) is 12.5 Å². The third kappa shape index (κ3) is 5.19. The van der Waals surface area contributed by atoms with Crippen molar-refractivity contribution in [3.8, 4) is 0 Å². The van der Waals surface area contributed by atoms with Crippen LogP contribution in [-0.2, 0) is 22.4 Å². The van der Waals surface area contributed by atoms with E-state index < -0.39 is 12.1 Å². The second-order valence-corrected chi connectivity index (χ2v) is 7.11. The number of urea groups is 1. The van der Waals surface area contributed by atoms with E-state index in [2.05, 4.69) is 22.8 Å². The fraction of sp³-hybridized carbons (Fsp3) is 0.318. The average Bonchev–Trinajstić information content (AvgIpc) is 2.95. The molecule has 28 heavy (non-hydrogen) atoms. The summed E-state index contributed by atoms with van der Waals surface area (Å²) in [4.78, 5) is 37.9. The standard InChI is InChI=1S/C22H25N3O3/c1-16(12-13-17-8-4-2-5-9-17)23-20(26)15-25-21(27)19(24-22(25)28)14-18-10-6-3-7-11-18/h2-11,16,19H,12-15H2,1H3,(H,23,26)(H,24,28). The summed E-state index contributed by atoms with van der Waals surface area (Å²) in [5.74, 6) is -0.689. The van der Waals surface area contributed by atoms with Crippen molar-refractivity contribution < 1.29 is 14.4 Å². The van der Waals surface area contributed by atoms with Gasteiger partial charge in [-0.05, 0) is 30.9 Å². The van der Waals surface area contributed by atoms with Crippen molar-refractivity contribution >= 4 is 17.8 Å². The van der Waals surface area contributed by atoms with E-state index in [4.69, 9.17) is 0 Å². The minimum Gasteiger partial charge on any atom is -0.352 e. The largest absolute Gasteiger partial charge is 0.352 e. The Kier molecular flexibility index (Phi) is 6.42. The Labute approximate surface area is 164 Å². The predicted molar refractivity (Wildman–Crippen MR) is 107 cm³/mol. The summed E-state index contributed by atoms with van der Waals surface area (Å²) in [6.45, 7) is 1.66. The van der Waals surface area contributed by atoms with Gasteiger partial charge < -0.3 is 10.6 Å². The number of carbonyl (C=O) groups is 3. The fourth-order valence-corrected chi connectivity index (χ4v) is 3.28. The first-order valence-electron chi connectivity index (χ1n) is 9.52. The van der Waals surface area contributed by atoms with Gasteiger partial charge in [-0.1, -0.05) is 60.7 Å². The number of aryl methyl sites for hydroxylation is 1. The lowest BCUT2D eigenvalue weighted by Crippen LogP contribution is -2.44. The van der Waals surface area contributed by atoms with Crippen LogP contribution in [0.15, 0.2) is 60.7 Å². The minimum absolute atomic E-state index is 0.0476. The molecule has 0 saturated carbocycles. The zero-order chi connectivity index (χ0) is 19.9. The summed E-state index contributed by atoms with van der Waals surface area (Å²) in [5.41, 5.74) is 2.17. The maximum Gasteiger partial charge on any atom is 0.325 e. The Bertz CT molecular complexity index is 823. The number of nitrogens with one attached hydrogen (secondary N) is 2. The van der Waals surface area contributed by atoms with Crippen LogP contribution in [0.3, 0.4) is 0 Å². The Morgan fingerprint density at radius 3 is 2.29 bits per heavy atom. The van der Waals surface area contributed by atoms with E-state index in [1.54, 1.807) is 0 Å². The molecule has 0 aliphatic carbocycles. The molecule has 1 aliphatic rings. The molecular formula is C22H25N3O3. The van der Waals surface area contributed by atoms with Crippen LogP contribution in [0.25, 0.3) is 0 Å². The molecule has 1 aliphatic heterocycles.